The minimum Gasteiger partial charge on any atom is -0.444 e. The highest BCUT2D eigenvalue weighted by atomic mass is 35.5. The van der Waals surface area contributed by atoms with Crippen molar-refractivity contribution in [3.63, 3.8) is 0 Å². The first-order valence-electron chi connectivity index (χ1n) is 13.1. The quantitative estimate of drug-likeness (QED) is 0.456. The third-order valence-corrected chi connectivity index (χ3v) is 7.03. The van der Waals surface area contributed by atoms with E-state index in [1.807, 2.05) is 48.0 Å². The second-order valence-corrected chi connectivity index (χ2v) is 11.6. The van der Waals surface area contributed by atoms with Crippen molar-refractivity contribution in [2.24, 2.45) is 13.0 Å². The van der Waals surface area contributed by atoms with Crippen LogP contribution in [0.15, 0.2) is 48.8 Å². The smallest absolute Gasteiger partial charge is 0.410 e. The van der Waals surface area contributed by atoms with E-state index in [0.29, 0.717) is 18.0 Å². The van der Waals surface area contributed by atoms with Crippen LogP contribution in [0.4, 0.5) is 4.79 Å². The molecule has 1 fully saturated rings. The van der Waals surface area contributed by atoms with Gasteiger partial charge in [0.1, 0.15) is 23.3 Å². The first-order valence-corrected chi connectivity index (χ1v) is 13.5. The number of benzene rings is 1. The van der Waals surface area contributed by atoms with Gasteiger partial charge in [0.15, 0.2) is 0 Å². The topological polar surface area (TPSA) is 106 Å². The van der Waals surface area contributed by atoms with Crippen LogP contribution in [0.1, 0.15) is 45.2 Å². The van der Waals surface area contributed by atoms with Gasteiger partial charge in [0.2, 0.25) is 11.8 Å². The Morgan fingerprint density at radius 3 is 2.59 bits per heavy atom. The number of nitrogens with zero attached hydrogens (tertiary/aromatic N) is 3. The molecule has 1 saturated heterocycles. The van der Waals surface area contributed by atoms with E-state index in [-0.39, 0.29) is 24.3 Å². The molecule has 1 aliphatic rings. The number of amides is 3. The lowest BCUT2D eigenvalue weighted by atomic mass is 9.96. The summed E-state index contributed by atoms with van der Waals surface area (Å²) in [6.45, 7) is 7.64. The molecule has 1 aliphatic heterocycles. The molecular formula is C29H36ClN5O4. The van der Waals surface area contributed by atoms with Gasteiger partial charge in [0.25, 0.3) is 0 Å². The Labute approximate surface area is 233 Å². The highest BCUT2D eigenvalue weighted by molar-refractivity contribution is 6.35. The average Bonchev–Trinajstić information content (AvgIpc) is 3.42. The number of carbonyl (C=O) groups is 3. The molecule has 1 aromatic carbocycles. The minimum atomic E-state index is -0.803. The van der Waals surface area contributed by atoms with Crippen molar-refractivity contribution in [1.82, 2.24) is 25.1 Å². The molecule has 0 bridgehead atoms. The number of rotatable bonds is 7. The number of halogens is 1. The maximum atomic E-state index is 13.3. The zero-order valence-electron chi connectivity index (χ0n) is 23.0. The number of likely N-dealkylation sites (tertiary alicyclic amines) is 1. The molecule has 9 nitrogen and oxygen atoms in total. The fourth-order valence-electron chi connectivity index (χ4n) is 4.86. The number of hydrogen-bond acceptors (Lipinski definition) is 5. The van der Waals surface area contributed by atoms with Crippen LogP contribution in [0.2, 0.25) is 5.02 Å². The Bertz CT molecular complexity index is 1350. The Balaban J connectivity index is 1.38. The van der Waals surface area contributed by atoms with Gasteiger partial charge in [0.05, 0.1) is 5.02 Å². The molecule has 2 N–H and O–H groups in total. The first-order chi connectivity index (χ1) is 18.4. The molecule has 39 heavy (non-hydrogen) atoms. The van der Waals surface area contributed by atoms with Gasteiger partial charge in [-0.05, 0) is 63.6 Å². The Hall–Kier alpha value is -3.59. The second kappa shape index (κ2) is 11.7. The van der Waals surface area contributed by atoms with Crippen molar-refractivity contribution < 1.29 is 19.1 Å². The number of pyridine rings is 1. The Kier molecular flexibility index (Phi) is 8.49. The number of aromatic nitrogens is 2. The molecular weight excluding hydrogens is 518 g/mol. The van der Waals surface area contributed by atoms with Crippen LogP contribution in [0.25, 0.3) is 11.0 Å². The number of fused-ring (bicyclic) bond motifs is 1. The maximum Gasteiger partial charge on any atom is 0.410 e. The first kappa shape index (κ1) is 28.4. The number of ether oxygens (including phenoxy) is 1. The van der Waals surface area contributed by atoms with Gasteiger partial charge >= 0.3 is 6.09 Å². The normalized spacial score (nSPS) is 18.2. The summed E-state index contributed by atoms with van der Waals surface area (Å²) in [5.74, 6) is -0.629. The van der Waals surface area contributed by atoms with Gasteiger partial charge in [0, 0.05) is 37.9 Å². The Morgan fingerprint density at radius 1 is 1.18 bits per heavy atom. The second-order valence-electron chi connectivity index (χ2n) is 11.2. The highest BCUT2D eigenvalue weighted by Crippen LogP contribution is 2.29. The number of hydrogen-bond donors (Lipinski definition) is 2. The summed E-state index contributed by atoms with van der Waals surface area (Å²) in [6.07, 6.45) is 4.17. The van der Waals surface area contributed by atoms with E-state index in [1.54, 1.807) is 40.1 Å². The van der Waals surface area contributed by atoms with Crippen LogP contribution in [0.5, 0.6) is 0 Å². The Morgan fingerprint density at radius 2 is 1.90 bits per heavy atom. The summed E-state index contributed by atoms with van der Waals surface area (Å²) in [5, 5.41) is 7.03. The summed E-state index contributed by atoms with van der Waals surface area (Å²) >= 11 is 6.27. The van der Waals surface area contributed by atoms with Crippen LogP contribution in [-0.4, -0.2) is 56.6 Å². The van der Waals surface area contributed by atoms with Crippen LogP contribution in [0.3, 0.4) is 0 Å². The minimum absolute atomic E-state index is 0.0898. The predicted octanol–water partition coefficient (Wildman–Crippen LogP) is 4.22. The molecule has 3 atom stereocenters. The molecule has 3 heterocycles. The van der Waals surface area contributed by atoms with E-state index >= 15 is 0 Å². The third-order valence-electron chi connectivity index (χ3n) is 6.73. The molecule has 10 heteroatoms. The van der Waals surface area contributed by atoms with Gasteiger partial charge < -0.3 is 19.9 Å². The molecule has 0 unspecified atom stereocenters. The lowest BCUT2D eigenvalue weighted by molar-refractivity contribution is -0.131. The van der Waals surface area contributed by atoms with Crippen molar-refractivity contribution in [2.75, 3.05) is 6.54 Å². The van der Waals surface area contributed by atoms with Crippen LogP contribution in [-0.2, 0) is 34.3 Å². The largest absolute Gasteiger partial charge is 0.444 e. The van der Waals surface area contributed by atoms with Crippen molar-refractivity contribution in [1.29, 1.82) is 0 Å². The van der Waals surface area contributed by atoms with Gasteiger partial charge in [-0.15, -0.1) is 0 Å². The maximum absolute atomic E-state index is 13.3. The molecule has 3 amide bonds. The van der Waals surface area contributed by atoms with E-state index in [0.717, 1.165) is 28.6 Å². The van der Waals surface area contributed by atoms with Gasteiger partial charge in [-0.3, -0.25) is 14.5 Å². The monoisotopic (exact) mass is 553 g/mol. The van der Waals surface area contributed by atoms with E-state index in [2.05, 4.69) is 15.6 Å². The van der Waals surface area contributed by atoms with E-state index in [1.165, 1.54) is 4.90 Å². The van der Waals surface area contributed by atoms with Crippen LogP contribution >= 0.6 is 11.6 Å². The SMILES string of the molecule is C[C@H](NC(=O)[C@H]1C[C@H](Cc2ccccc2)CN1C(=O)OC(C)(C)C)C(=O)NCc1cnc2c(c1)c(Cl)cn2C. The number of aryl methyl sites for hydroxylation is 1. The van der Waals surface area contributed by atoms with Crippen molar-refractivity contribution in [3.8, 4) is 0 Å². The van der Waals surface area contributed by atoms with Crippen LogP contribution in [0, 0.1) is 5.92 Å². The molecule has 0 aliphatic carbocycles. The summed E-state index contributed by atoms with van der Waals surface area (Å²) in [5.41, 5.74) is 2.00. The lowest BCUT2D eigenvalue weighted by Crippen LogP contribution is -2.52. The fourth-order valence-corrected chi connectivity index (χ4v) is 5.15. The van der Waals surface area contributed by atoms with E-state index in [4.69, 9.17) is 16.3 Å². The molecule has 0 saturated carbocycles. The molecule has 3 aromatic rings. The molecule has 4 rings (SSSR count). The predicted molar refractivity (Wildman–Crippen MR) is 150 cm³/mol. The molecule has 2 aromatic heterocycles. The van der Waals surface area contributed by atoms with Crippen molar-refractivity contribution in [3.05, 3.63) is 64.9 Å². The molecule has 0 spiro atoms. The lowest BCUT2D eigenvalue weighted by Gasteiger charge is -2.28. The van der Waals surface area contributed by atoms with Crippen LogP contribution < -0.4 is 10.6 Å². The average molecular weight is 554 g/mol. The molecule has 208 valence electrons. The summed E-state index contributed by atoms with van der Waals surface area (Å²) in [7, 11) is 1.87. The summed E-state index contributed by atoms with van der Waals surface area (Å²) < 4.78 is 7.43. The summed E-state index contributed by atoms with van der Waals surface area (Å²) in [4.78, 5) is 45.1. The molecule has 0 radical (unpaired) electrons. The number of nitrogens with one attached hydrogen (secondary N) is 2. The van der Waals surface area contributed by atoms with E-state index in [9.17, 15) is 14.4 Å². The standard InChI is InChI=1S/C29H36ClN5O4/c1-18(26(36)32-15-21-12-22-23(30)17-34(5)25(22)31-14-21)33-27(37)24-13-20(11-19-9-7-6-8-10-19)16-35(24)28(38)39-29(2,3)4/h6-10,12,14,17-18,20,24H,11,13,15-16H2,1-5H3,(H,32,36)(H,33,37)/t18-,20-,24+/m0/s1. The zero-order valence-corrected chi connectivity index (χ0v) is 23.8. The number of carbonyl (C=O) groups excluding carboxylic acids is 3. The highest BCUT2D eigenvalue weighted by Gasteiger charge is 2.42. The zero-order chi connectivity index (χ0) is 28.3. The summed E-state index contributed by atoms with van der Waals surface area (Å²) in [6, 6.07) is 10.3. The fraction of sp³-hybridized carbons (Fsp3) is 0.448. The van der Waals surface area contributed by atoms with Gasteiger partial charge in [-0.25, -0.2) is 9.78 Å². The third kappa shape index (κ3) is 7.09. The van der Waals surface area contributed by atoms with Crippen molar-refractivity contribution in [2.45, 2.75) is 64.8 Å². The van der Waals surface area contributed by atoms with E-state index < -0.39 is 23.8 Å². The van der Waals surface area contributed by atoms with Gasteiger partial charge in [-0.1, -0.05) is 41.9 Å². The van der Waals surface area contributed by atoms with Crippen molar-refractivity contribution >= 4 is 40.5 Å². The van der Waals surface area contributed by atoms with Gasteiger partial charge in [-0.2, -0.15) is 0 Å².